The van der Waals surface area contributed by atoms with Gasteiger partial charge in [-0.05, 0) is 24.6 Å². The molecule has 1 aromatic carbocycles. The first kappa shape index (κ1) is 17.4. The minimum Gasteiger partial charge on any atom is -0.481 e. The quantitative estimate of drug-likeness (QED) is 0.837. The van der Waals surface area contributed by atoms with Crippen molar-refractivity contribution in [3.8, 4) is 0 Å². The van der Waals surface area contributed by atoms with E-state index in [-0.39, 0.29) is 11.3 Å². The van der Waals surface area contributed by atoms with Crippen LogP contribution in [0.4, 0.5) is 13.2 Å². The highest BCUT2D eigenvalue weighted by Gasteiger charge is 2.31. The van der Waals surface area contributed by atoms with Crippen LogP contribution in [0.3, 0.4) is 0 Å². The summed E-state index contributed by atoms with van der Waals surface area (Å²) in [7, 11) is -4.07. The Hall–Kier alpha value is -1.61. The van der Waals surface area contributed by atoms with E-state index in [0.29, 0.717) is 5.56 Å². The fourth-order valence-corrected chi connectivity index (χ4v) is 2.93. The summed E-state index contributed by atoms with van der Waals surface area (Å²) in [6, 6.07) is 3.62. The Kier molecular flexibility index (Phi) is 5.35. The molecule has 1 rings (SSSR count). The third-order valence-corrected chi connectivity index (χ3v) is 4.09. The predicted octanol–water partition coefficient (Wildman–Crippen LogP) is 1.93. The zero-order chi connectivity index (χ0) is 16.3. The molecule has 0 fully saturated rings. The molecule has 0 aliphatic heterocycles. The Morgan fingerprint density at radius 2 is 1.81 bits per heavy atom. The summed E-state index contributed by atoms with van der Waals surface area (Å²) in [6.07, 6.45) is -6.01. The molecule has 1 aromatic rings. The van der Waals surface area contributed by atoms with Gasteiger partial charge in [-0.15, -0.1) is 0 Å². The zero-order valence-electron chi connectivity index (χ0n) is 11.0. The van der Waals surface area contributed by atoms with Crippen molar-refractivity contribution in [3.05, 3.63) is 29.8 Å². The second-order valence-corrected chi connectivity index (χ2v) is 6.27. The van der Waals surface area contributed by atoms with Gasteiger partial charge in [0.1, 0.15) is 0 Å². The van der Waals surface area contributed by atoms with Gasteiger partial charge in [-0.25, -0.2) is 13.1 Å². The molecule has 0 spiro atoms. The van der Waals surface area contributed by atoms with Gasteiger partial charge in [-0.3, -0.25) is 4.79 Å². The lowest BCUT2D eigenvalue weighted by molar-refractivity contribution is -0.138. The topological polar surface area (TPSA) is 83.5 Å². The third-order valence-electron chi connectivity index (χ3n) is 2.48. The second kappa shape index (κ2) is 6.44. The number of sulfonamides is 1. The van der Waals surface area contributed by atoms with Crippen molar-refractivity contribution in [3.63, 3.8) is 0 Å². The first-order chi connectivity index (χ1) is 9.49. The first-order valence-corrected chi connectivity index (χ1v) is 7.38. The molecular formula is C12H14F3NO4S. The lowest BCUT2D eigenvalue weighted by atomic mass is 10.2. The number of hydrogen-bond donors (Lipinski definition) is 2. The Morgan fingerprint density at radius 3 is 2.24 bits per heavy atom. The molecule has 0 aliphatic carbocycles. The van der Waals surface area contributed by atoms with Crippen LogP contribution in [-0.2, 0) is 21.2 Å². The van der Waals surface area contributed by atoms with E-state index in [0.717, 1.165) is 19.1 Å². The lowest BCUT2D eigenvalue weighted by Gasteiger charge is -2.16. The average Bonchev–Trinajstić information content (AvgIpc) is 2.24. The minimum absolute atomic E-state index is 0.217. The molecule has 2 N–H and O–H groups in total. The molecule has 0 heterocycles. The van der Waals surface area contributed by atoms with Crippen LogP contribution < -0.4 is 4.72 Å². The maximum atomic E-state index is 12.2. The van der Waals surface area contributed by atoms with Crippen molar-refractivity contribution in [1.82, 2.24) is 4.72 Å². The van der Waals surface area contributed by atoms with Gasteiger partial charge in [-0.2, -0.15) is 13.2 Å². The second-order valence-electron chi connectivity index (χ2n) is 4.56. The molecule has 5 nitrogen and oxygen atoms in total. The van der Waals surface area contributed by atoms with E-state index >= 15 is 0 Å². The molecule has 0 amide bonds. The van der Waals surface area contributed by atoms with E-state index < -0.39 is 34.6 Å². The zero-order valence-corrected chi connectivity index (χ0v) is 11.8. The van der Waals surface area contributed by atoms with Gasteiger partial charge in [-0.1, -0.05) is 12.1 Å². The Morgan fingerprint density at radius 1 is 1.29 bits per heavy atom. The molecule has 0 radical (unpaired) electrons. The summed E-state index contributed by atoms with van der Waals surface area (Å²) in [5.74, 6) is -1.07. The number of carboxylic acid groups (broad SMARTS) is 1. The fourth-order valence-electron chi connectivity index (χ4n) is 1.68. The van der Waals surface area contributed by atoms with Gasteiger partial charge < -0.3 is 5.11 Å². The SMILES string of the molecule is CC(CC(F)(F)F)NS(=O)(=O)c1ccc(CC(=O)O)cc1. The highest BCUT2D eigenvalue weighted by atomic mass is 32.2. The highest BCUT2D eigenvalue weighted by molar-refractivity contribution is 7.89. The van der Waals surface area contributed by atoms with Gasteiger partial charge in [0, 0.05) is 6.04 Å². The summed E-state index contributed by atoms with van der Waals surface area (Å²) < 4.78 is 62.2. The number of nitrogens with one attached hydrogen (secondary N) is 1. The van der Waals surface area contributed by atoms with Crippen LogP contribution in [0, 0.1) is 0 Å². The number of aliphatic carboxylic acids is 1. The molecule has 9 heteroatoms. The van der Waals surface area contributed by atoms with E-state index in [1.165, 1.54) is 12.1 Å². The summed E-state index contributed by atoms with van der Waals surface area (Å²) in [4.78, 5) is 10.3. The van der Waals surface area contributed by atoms with E-state index in [1.807, 2.05) is 4.72 Å². The first-order valence-electron chi connectivity index (χ1n) is 5.89. The van der Waals surface area contributed by atoms with E-state index in [9.17, 15) is 26.4 Å². The molecule has 0 saturated carbocycles. The summed E-state index contributed by atoms with van der Waals surface area (Å²) in [6.45, 7) is 1.11. The van der Waals surface area contributed by atoms with Crippen molar-refractivity contribution < 1.29 is 31.5 Å². The van der Waals surface area contributed by atoms with Crippen LogP contribution in [-0.4, -0.2) is 31.7 Å². The van der Waals surface area contributed by atoms with Crippen LogP contribution in [0.1, 0.15) is 18.9 Å². The minimum atomic E-state index is -4.46. The molecule has 0 bridgehead atoms. The average molecular weight is 325 g/mol. The van der Waals surface area contributed by atoms with Gasteiger partial charge in [0.2, 0.25) is 10.0 Å². The van der Waals surface area contributed by atoms with E-state index in [1.54, 1.807) is 0 Å². The highest BCUT2D eigenvalue weighted by Crippen LogP contribution is 2.22. The van der Waals surface area contributed by atoms with Crippen LogP contribution in [0.15, 0.2) is 29.2 Å². The molecule has 1 unspecified atom stereocenters. The normalized spacial score (nSPS) is 13.9. The van der Waals surface area contributed by atoms with Gasteiger partial charge in [0.25, 0.3) is 0 Å². The summed E-state index contributed by atoms with van der Waals surface area (Å²) in [5, 5.41) is 8.59. The standard InChI is InChI=1S/C12H14F3NO4S/c1-8(7-12(13,14)15)16-21(19,20)10-4-2-9(3-5-10)6-11(17)18/h2-5,8,16H,6-7H2,1H3,(H,17,18). The Balaban J connectivity index is 2.81. The molecular weight excluding hydrogens is 311 g/mol. The van der Waals surface area contributed by atoms with Crippen molar-refractivity contribution in [1.29, 1.82) is 0 Å². The number of halogens is 3. The number of benzene rings is 1. The Bertz CT molecular complexity index is 596. The number of carboxylic acids is 1. The van der Waals surface area contributed by atoms with Crippen LogP contribution in [0.25, 0.3) is 0 Å². The maximum absolute atomic E-state index is 12.2. The van der Waals surface area contributed by atoms with Crippen molar-refractivity contribution in [2.24, 2.45) is 0 Å². The van der Waals surface area contributed by atoms with Crippen LogP contribution in [0.5, 0.6) is 0 Å². The van der Waals surface area contributed by atoms with E-state index in [2.05, 4.69) is 0 Å². The fraction of sp³-hybridized carbons (Fsp3) is 0.417. The monoisotopic (exact) mass is 325 g/mol. The number of hydrogen-bond acceptors (Lipinski definition) is 3. The van der Waals surface area contributed by atoms with Crippen molar-refractivity contribution in [2.45, 2.75) is 36.9 Å². The van der Waals surface area contributed by atoms with Gasteiger partial charge in [0.05, 0.1) is 17.7 Å². The number of carbonyl (C=O) groups is 1. The third kappa shape index (κ3) is 6.13. The van der Waals surface area contributed by atoms with Crippen molar-refractivity contribution in [2.75, 3.05) is 0 Å². The van der Waals surface area contributed by atoms with Crippen molar-refractivity contribution >= 4 is 16.0 Å². The maximum Gasteiger partial charge on any atom is 0.390 e. The van der Waals surface area contributed by atoms with Gasteiger partial charge >= 0.3 is 12.1 Å². The van der Waals surface area contributed by atoms with Crippen LogP contribution >= 0.6 is 0 Å². The summed E-state index contributed by atoms with van der Waals surface area (Å²) >= 11 is 0. The molecule has 1 atom stereocenters. The van der Waals surface area contributed by atoms with E-state index in [4.69, 9.17) is 5.11 Å². The lowest BCUT2D eigenvalue weighted by Crippen LogP contribution is -2.35. The largest absolute Gasteiger partial charge is 0.481 e. The molecule has 0 aromatic heterocycles. The number of rotatable bonds is 6. The molecule has 0 aliphatic rings. The predicted molar refractivity (Wildman–Crippen MR) is 68.2 cm³/mol. The smallest absolute Gasteiger partial charge is 0.390 e. The molecule has 0 saturated heterocycles. The molecule has 21 heavy (non-hydrogen) atoms. The Labute approximate surface area is 119 Å². The van der Waals surface area contributed by atoms with Crippen LogP contribution in [0.2, 0.25) is 0 Å². The molecule has 118 valence electrons. The van der Waals surface area contributed by atoms with Gasteiger partial charge in [0.15, 0.2) is 0 Å². The number of alkyl halides is 3. The summed E-state index contributed by atoms with van der Waals surface area (Å²) in [5.41, 5.74) is 0.393.